The number of amides is 1. The van der Waals surface area contributed by atoms with E-state index in [1.807, 2.05) is 24.3 Å². The Morgan fingerprint density at radius 2 is 1.95 bits per heavy atom. The fraction of sp³-hybridized carbons (Fsp3) is 0.133. The zero-order valence-electron chi connectivity index (χ0n) is 11.7. The summed E-state index contributed by atoms with van der Waals surface area (Å²) in [6.45, 7) is 3.94. The van der Waals surface area contributed by atoms with E-state index in [0.29, 0.717) is 18.1 Å². The lowest BCUT2D eigenvalue weighted by atomic mass is 10.3. The van der Waals surface area contributed by atoms with Gasteiger partial charge in [-0.05, 0) is 24.3 Å². The molecule has 0 saturated carbocycles. The number of anilines is 2. The van der Waals surface area contributed by atoms with E-state index < -0.39 is 0 Å². The molecule has 0 spiro atoms. The molecule has 2 aromatic rings. The maximum absolute atomic E-state index is 11.7. The van der Waals surface area contributed by atoms with Gasteiger partial charge < -0.3 is 15.4 Å². The van der Waals surface area contributed by atoms with Crippen molar-refractivity contribution < 1.29 is 9.53 Å². The Morgan fingerprint density at radius 1 is 1.29 bits per heavy atom. The fourth-order valence-electron chi connectivity index (χ4n) is 1.58. The highest BCUT2D eigenvalue weighted by atomic mass is 16.5. The molecule has 1 amide bonds. The largest absolute Gasteiger partial charge is 0.497 e. The van der Waals surface area contributed by atoms with Crippen molar-refractivity contribution in [3.8, 4) is 5.75 Å². The summed E-state index contributed by atoms with van der Waals surface area (Å²) < 4.78 is 5.08. The van der Waals surface area contributed by atoms with Crippen LogP contribution in [0.25, 0.3) is 0 Å². The molecule has 0 unspecified atom stereocenters. The average Bonchev–Trinajstić information content (AvgIpc) is 2.54. The number of nitrogens with one attached hydrogen (secondary N) is 2. The zero-order valence-corrected chi connectivity index (χ0v) is 11.7. The molecule has 0 aliphatic heterocycles. The second-order valence-corrected chi connectivity index (χ2v) is 4.15. The van der Waals surface area contributed by atoms with Gasteiger partial charge in [-0.15, -0.1) is 6.58 Å². The normalized spacial score (nSPS) is 9.76. The fourth-order valence-corrected chi connectivity index (χ4v) is 1.58. The van der Waals surface area contributed by atoms with Crippen LogP contribution < -0.4 is 15.4 Å². The SMILES string of the molecule is C=CCNC(=O)c1cnc(Nc2ccc(OC)cc2)nc1. The van der Waals surface area contributed by atoms with Gasteiger partial charge in [0.15, 0.2) is 0 Å². The third-order valence-corrected chi connectivity index (χ3v) is 2.67. The Morgan fingerprint density at radius 3 is 2.52 bits per heavy atom. The summed E-state index contributed by atoms with van der Waals surface area (Å²) in [6.07, 6.45) is 4.55. The summed E-state index contributed by atoms with van der Waals surface area (Å²) in [7, 11) is 1.61. The topological polar surface area (TPSA) is 76.1 Å². The summed E-state index contributed by atoms with van der Waals surface area (Å²) in [6, 6.07) is 7.37. The van der Waals surface area contributed by atoms with Crippen molar-refractivity contribution in [2.75, 3.05) is 19.0 Å². The molecule has 0 saturated heterocycles. The van der Waals surface area contributed by atoms with Crippen LogP contribution in [0, 0.1) is 0 Å². The van der Waals surface area contributed by atoms with Crippen LogP contribution in [0.2, 0.25) is 0 Å². The summed E-state index contributed by atoms with van der Waals surface area (Å²) >= 11 is 0. The van der Waals surface area contributed by atoms with Crippen molar-refractivity contribution in [1.29, 1.82) is 0 Å². The predicted octanol–water partition coefficient (Wildman–Crippen LogP) is 2.14. The van der Waals surface area contributed by atoms with Crippen molar-refractivity contribution in [3.63, 3.8) is 0 Å². The molecule has 0 bridgehead atoms. The van der Waals surface area contributed by atoms with Crippen LogP contribution in [0.5, 0.6) is 5.75 Å². The summed E-state index contributed by atoms with van der Waals surface area (Å²) in [5.74, 6) is 0.960. The second-order valence-electron chi connectivity index (χ2n) is 4.15. The number of nitrogens with zero attached hydrogens (tertiary/aromatic N) is 2. The van der Waals surface area contributed by atoms with Crippen molar-refractivity contribution in [3.05, 3.63) is 54.9 Å². The number of methoxy groups -OCH3 is 1. The van der Waals surface area contributed by atoms with Gasteiger partial charge in [-0.3, -0.25) is 4.79 Å². The first-order valence-corrected chi connectivity index (χ1v) is 6.35. The first-order valence-electron chi connectivity index (χ1n) is 6.35. The van der Waals surface area contributed by atoms with Crippen LogP contribution >= 0.6 is 0 Å². The van der Waals surface area contributed by atoms with Crippen LogP contribution in [-0.4, -0.2) is 29.5 Å². The third-order valence-electron chi connectivity index (χ3n) is 2.67. The van der Waals surface area contributed by atoms with Crippen molar-refractivity contribution in [2.45, 2.75) is 0 Å². The van der Waals surface area contributed by atoms with E-state index in [1.165, 1.54) is 12.4 Å². The van der Waals surface area contributed by atoms with Gasteiger partial charge in [-0.25, -0.2) is 9.97 Å². The van der Waals surface area contributed by atoms with E-state index in [9.17, 15) is 4.79 Å². The highest BCUT2D eigenvalue weighted by Gasteiger charge is 2.06. The molecule has 0 aliphatic carbocycles. The lowest BCUT2D eigenvalue weighted by Gasteiger charge is -2.06. The van der Waals surface area contributed by atoms with E-state index in [0.717, 1.165) is 11.4 Å². The van der Waals surface area contributed by atoms with Crippen LogP contribution in [0.1, 0.15) is 10.4 Å². The Balaban J connectivity index is 2.01. The molecule has 0 aliphatic rings. The maximum atomic E-state index is 11.7. The van der Waals surface area contributed by atoms with Crippen molar-refractivity contribution in [1.82, 2.24) is 15.3 Å². The van der Waals surface area contributed by atoms with Gasteiger partial charge in [0, 0.05) is 24.6 Å². The molecule has 0 atom stereocenters. The lowest BCUT2D eigenvalue weighted by Crippen LogP contribution is -2.23. The molecule has 0 fully saturated rings. The first-order chi connectivity index (χ1) is 10.2. The van der Waals surface area contributed by atoms with Crippen LogP contribution in [0.15, 0.2) is 49.3 Å². The van der Waals surface area contributed by atoms with E-state index in [4.69, 9.17) is 4.74 Å². The van der Waals surface area contributed by atoms with Crippen molar-refractivity contribution in [2.24, 2.45) is 0 Å². The molecule has 2 N–H and O–H groups in total. The van der Waals surface area contributed by atoms with Gasteiger partial charge in [0.1, 0.15) is 5.75 Å². The van der Waals surface area contributed by atoms with Crippen LogP contribution in [0.4, 0.5) is 11.6 Å². The molecule has 6 heteroatoms. The molecular formula is C15H16N4O2. The molecule has 1 aromatic carbocycles. The predicted molar refractivity (Wildman–Crippen MR) is 80.8 cm³/mol. The zero-order chi connectivity index (χ0) is 15.1. The third kappa shape index (κ3) is 4.04. The summed E-state index contributed by atoms with van der Waals surface area (Å²) in [4.78, 5) is 19.9. The summed E-state index contributed by atoms with van der Waals surface area (Å²) in [5.41, 5.74) is 1.23. The minimum absolute atomic E-state index is 0.231. The standard InChI is InChI=1S/C15H16N4O2/c1-3-8-16-14(20)11-9-17-15(18-10-11)19-12-4-6-13(21-2)7-5-12/h3-7,9-10H,1,8H2,2H3,(H,16,20)(H,17,18,19). The van der Waals surface area contributed by atoms with Crippen molar-refractivity contribution >= 4 is 17.5 Å². The highest BCUT2D eigenvalue weighted by Crippen LogP contribution is 2.17. The average molecular weight is 284 g/mol. The van der Waals surface area contributed by atoms with E-state index in [2.05, 4.69) is 27.2 Å². The number of benzene rings is 1. The van der Waals surface area contributed by atoms with Gasteiger partial charge in [0.2, 0.25) is 5.95 Å². The molecular weight excluding hydrogens is 268 g/mol. The number of rotatable bonds is 6. The molecule has 1 heterocycles. The maximum Gasteiger partial charge on any atom is 0.254 e. The van der Waals surface area contributed by atoms with Crippen LogP contribution in [-0.2, 0) is 0 Å². The minimum Gasteiger partial charge on any atom is -0.497 e. The second kappa shape index (κ2) is 7.04. The minimum atomic E-state index is -0.231. The number of hydrogen-bond donors (Lipinski definition) is 2. The van der Waals surface area contributed by atoms with E-state index in [-0.39, 0.29) is 5.91 Å². The Kier molecular flexibility index (Phi) is 4.87. The Labute approximate surface area is 122 Å². The highest BCUT2D eigenvalue weighted by molar-refractivity contribution is 5.93. The number of hydrogen-bond acceptors (Lipinski definition) is 5. The Bertz CT molecular complexity index is 609. The van der Waals surface area contributed by atoms with E-state index >= 15 is 0 Å². The molecule has 1 aromatic heterocycles. The van der Waals surface area contributed by atoms with Gasteiger partial charge in [-0.1, -0.05) is 6.08 Å². The summed E-state index contributed by atoms with van der Waals surface area (Å²) in [5, 5.41) is 5.70. The molecule has 6 nitrogen and oxygen atoms in total. The number of carbonyl (C=O) groups excluding carboxylic acids is 1. The van der Waals surface area contributed by atoms with Gasteiger partial charge in [0.05, 0.1) is 12.7 Å². The molecule has 21 heavy (non-hydrogen) atoms. The Hall–Kier alpha value is -2.89. The number of aromatic nitrogens is 2. The smallest absolute Gasteiger partial charge is 0.254 e. The first kappa shape index (κ1) is 14.5. The van der Waals surface area contributed by atoms with E-state index in [1.54, 1.807) is 13.2 Å². The molecule has 0 radical (unpaired) electrons. The van der Waals surface area contributed by atoms with Gasteiger partial charge >= 0.3 is 0 Å². The number of ether oxygens (including phenoxy) is 1. The molecule has 2 rings (SSSR count). The quantitative estimate of drug-likeness (QED) is 0.795. The van der Waals surface area contributed by atoms with Gasteiger partial charge in [0.25, 0.3) is 5.91 Å². The van der Waals surface area contributed by atoms with Crippen LogP contribution in [0.3, 0.4) is 0 Å². The number of carbonyl (C=O) groups is 1. The lowest BCUT2D eigenvalue weighted by molar-refractivity contribution is 0.0957. The molecule has 108 valence electrons. The monoisotopic (exact) mass is 284 g/mol. The van der Waals surface area contributed by atoms with Gasteiger partial charge in [-0.2, -0.15) is 0 Å².